The number of nitrogens with one attached hydrogen (secondary N) is 1. The molecule has 2 atom stereocenters. The number of pyridine rings is 1. The molecule has 0 aliphatic carbocycles. The second kappa shape index (κ2) is 10.9. The predicted octanol–water partition coefficient (Wildman–Crippen LogP) is 3.29. The van der Waals surface area contributed by atoms with E-state index < -0.39 is 6.10 Å². The standard InChI is InChI=1S/C31H37N5O3/c1-21(37)34-15-11-24(12-16-34)32-27-18-28(33-26-9-5-4-8-25(26)27)31(39)36-17-13-29(30(38)20-36)35-14-10-22-6-2-3-7-23(22)19-35/h2-9,18,24,29-30,38H,10-17,19-20H2,1H3,(H,32,33)/t29-,30-/m1/s1. The van der Waals surface area contributed by atoms with Crippen molar-refractivity contribution in [3.05, 3.63) is 71.4 Å². The number of aliphatic hydroxyl groups is 1. The van der Waals surface area contributed by atoms with Crippen LogP contribution >= 0.6 is 0 Å². The molecule has 39 heavy (non-hydrogen) atoms. The number of likely N-dealkylation sites (tertiary alicyclic amines) is 2. The molecule has 2 aromatic carbocycles. The number of para-hydroxylation sites is 1. The highest BCUT2D eigenvalue weighted by Crippen LogP contribution is 2.29. The highest BCUT2D eigenvalue weighted by molar-refractivity contribution is 6.00. The summed E-state index contributed by atoms with van der Waals surface area (Å²) >= 11 is 0. The summed E-state index contributed by atoms with van der Waals surface area (Å²) in [6.07, 6.45) is 2.85. The van der Waals surface area contributed by atoms with E-state index in [1.807, 2.05) is 35.2 Å². The molecule has 2 N–H and O–H groups in total. The van der Waals surface area contributed by atoms with Gasteiger partial charge < -0.3 is 20.2 Å². The van der Waals surface area contributed by atoms with Gasteiger partial charge in [0.25, 0.3) is 5.91 Å². The van der Waals surface area contributed by atoms with Gasteiger partial charge in [-0.2, -0.15) is 0 Å². The quantitative estimate of drug-likeness (QED) is 0.541. The van der Waals surface area contributed by atoms with Gasteiger partial charge in [-0.25, -0.2) is 4.98 Å². The molecule has 0 unspecified atom stereocenters. The average molecular weight is 528 g/mol. The number of hydrogen-bond donors (Lipinski definition) is 2. The summed E-state index contributed by atoms with van der Waals surface area (Å²) in [7, 11) is 0. The van der Waals surface area contributed by atoms with Crippen LogP contribution in [0.5, 0.6) is 0 Å². The van der Waals surface area contributed by atoms with Crippen LogP contribution in [0.1, 0.15) is 47.8 Å². The molecule has 8 heteroatoms. The monoisotopic (exact) mass is 527 g/mol. The minimum Gasteiger partial charge on any atom is -0.390 e. The van der Waals surface area contributed by atoms with Crippen LogP contribution in [0.15, 0.2) is 54.6 Å². The third kappa shape index (κ3) is 5.36. The fourth-order valence-electron chi connectivity index (χ4n) is 6.46. The summed E-state index contributed by atoms with van der Waals surface area (Å²) in [6.45, 7) is 5.77. The van der Waals surface area contributed by atoms with E-state index in [1.54, 1.807) is 11.8 Å². The summed E-state index contributed by atoms with van der Waals surface area (Å²) in [5.74, 6) is -0.0246. The van der Waals surface area contributed by atoms with Crippen LogP contribution < -0.4 is 5.32 Å². The number of aromatic nitrogens is 1. The van der Waals surface area contributed by atoms with Crippen LogP contribution in [0.3, 0.4) is 0 Å². The lowest BCUT2D eigenvalue weighted by Crippen LogP contribution is -2.56. The minimum absolute atomic E-state index is 0.0464. The Hall–Kier alpha value is -3.49. The van der Waals surface area contributed by atoms with Crippen molar-refractivity contribution in [2.45, 2.75) is 57.3 Å². The van der Waals surface area contributed by atoms with Gasteiger partial charge in [0.1, 0.15) is 5.69 Å². The first kappa shape index (κ1) is 25.8. The Kier molecular flexibility index (Phi) is 7.23. The van der Waals surface area contributed by atoms with Gasteiger partial charge in [0.15, 0.2) is 0 Å². The second-order valence-corrected chi connectivity index (χ2v) is 11.2. The van der Waals surface area contributed by atoms with E-state index in [2.05, 4.69) is 34.5 Å². The summed E-state index contributed by atoms with van der Waals surface area (Å²) in [4.78, 5) is 36.1. The number of fused-ring (bicyclic) bond motifs is 2. The molecule has 0 saturated carbocycles. The van der Waals surface area contributed by atoms with E-state index in [9.17, 15) is 14.7 Å². The first-order valence-electron chi connectivity index (χ1n) is 14.2. The lowest BCUT2D eigenvalue weighted by Gasteiger charge is -2.43. The maximum atomic E-state index is 13.7. The number of carbonyl (C=O) groups is 2. The van der Waals surface area contributed by atoms with Gasteiger partial charge in [-0.3, -0.25) is 14.5 Å². The van der Waals surface area contributed by atoms with E-state index in [4.69, 9.17) is 4.98 Å². The molecule has 8 nitrogen and oxygen atoms in total. The Labute approximate surface area is 229 Å². The molecule has 0 spiro atoms. The predicted molar refractivity (Wildman–Crippen MR) is 152 cm³/mol. The number of anilines is 1. The molecular weight excluding hydrogens is 490 g/mol. The maximum Gasteiger partial charge on any atom is 0.272 e. The summed E-state index contributed by atoms with van der Waals surface area (Å²) in [5, 5.41) is 15.8. The number of rotatable bonds is 4. The zero-order valence-electron chi connectivity index (χ0n) is 22.6. The Morgan fingerprint density at radius 1 is 0.923 bits per heavy atom. The van der Waals surface area contributed by atoms with E-state index in [0.29, 0.717) is 18.8 Å². The van der Waals surface area contributed by atoms with Crippen molar-refractivity contribution in [3.63, 3.8) is 0 Å². The fourth-order valence-corrected chi connectivity index (χ4v) is 6.46. The van der Waals surface area contributed by atoms with E-state index >= 15 is 0 Å². The third-order valence-corrected chi connectivity index (χ3v) is 8.70. The molecule has 0 bridgehead atoms. The van der Waals surface area contributed by atoms with Gasteiger partial charge in [-0.05, 0) is 48.9 Å². The van der Waals surface area contributed by atoms with Gasteiger partial charge in [-0.1, -0.05) is 42.5 Å². The zero-order valence-corrected chi connectivity index (χ0v) is 22.6. The lowest BCUT2D eigenvalue weighted by molar-refractivity contribution is -0.129. The average Bonchev–Trinajstić information content (AvgIpc) is 2.96. The number of amides is 2. The molecule has 3 aromatic rings. The fraction of sp³-hybridized carbons (Fsp3) is 0.452. The molecule has 0 radical (unpaired) electrons. The largest absolute Gasteiger partial charge is 0.390 e. The van der Waals surface area contributed by atoms with Crippen LogP contribution in [0.2, 0.25) is 0 Å². The molecule has 1 aromatic heterocycles. The molecule has 2 saturated heterocycles. The number of nitrogens with zero attached hydrogens (tertiary/aromatic N) is 4. The van der Waals surface area contributed by atoms with Crippen LogP contribution in [0, 0.1) is 0 Å². The number of hydrogen-bond acceptors (Lipinski definition) is 6. The Bertz CT molecular complexity index is 1370. The molecule has 4 heterocycles. The van der Waals surface area contributed by atoms with E-state index in [1.165, 1.54) is 11.1 Å². The van der Waals surface area contributed by atoms with E-state index in [-0.39, 0.29) is 23.9 Å². The van der Waals surface area contributed by atoms with Crippen molar-refractivity contribution in [2.75, 3.05) is 38.0 Å². The number of piperidine rings is 2. The molecule has 2 fully saturated rings. The van der Waals surface area contributed by atoms with E-state index in [0.717, 1.165) is 68.5 Å². The third-order valence-electron chi connectivity index (χ3n) is 8.70. The van der Waals surface area contributed by atoms with Crippen molar-refractivity contribution in [3.8, 4) is 0 Å². The van der Waals surface area contributed by atoms with Crippen LogP contribution in [-0.2, 0) is 17.8 Å². The number of β-amino-alcohol motifs (C(OH)–C–C–N with tert-alkyl or cyclic N) is 1. The lowest BCUT2D eigenvalue weighted by atomic mass is 9.94. The molecule has 6 rings (SSSR count). The summed E-state index contributed by atoms with van der Waals surface area (Å²) in [6, 6.07) is 18.5. The van der Waals surface area contributed by atoms with Crippen molar-refractivity contribution in [1.82, 2.24) is 19.7 Å². The Morgan fingerprint density at radius 3 is 2.41 bits per heavy atom. The Balaban J connectivity index is 1.16. The minimum atomic E-state index is -0.600. The normalized spacial score (nSPS) is 22.5. The number of carbonyl (C=O) groups excluding carboxylic acids is 2. The van der Waals surface area contributed by atoms with Gasteiger partial charge in [-0.15, -0.1) is 0 Å². The highest BCUT2D eigenvalue weighted by atomic mass is 16.3. The SMILES string of the molecule is CC(=O)N1CCC(Nc2cc(C(=O)N3CC[C@@H](N4CCc5ccccc5C4)[C@H](O)C3)nc3ccccc23)CC1. The second-order valence-electron chi connectivity index (χ2n) is 11.2. The summed E-state index contributed by atoms with van der Waals surface area (Å²) < 4.78 is 0. The van der Waals surface area contributed by atoms with Crippen molar-refractivity contribution >= 4 is 28.4 Å². The van der Waals surface area contributed by atoms with Crippen molar-refractivity contribution in [2.24, 2.45) is 0 Å². The maximum absolute atomic E-state index is 13.7. The molecule has 3 aliphatic rings. The Morgan fingerprint density at radius 2 is 1.64 bits per heavy atom. The summed E-state index contributed by atoms with van der Waals surface area (Å²) in [5.41, 5.74) is 4.80. The van der Waals surface area contributed by atoms with Crippen LogP contribution in [-0.4, -0.2) is 87.5 Å². The smallest absolute Gasteiger partial charge is 0.272 e. The molecular formula is C31H37N5O3. The first-order chi connectivity index (χ1) is 19.0. The van der Waals surface area contributed by atoms with Gasteiger partial charge in [0, 0.05) is 69.3 Å². The van der Waals surface area contributed by atoms with Crippen LogP contribution in [0.25, 0.3) is 10.9 Å². The molecule has 204 valence electrons. The topological polar surface area (TPSA) is 89.0 Å². The molecule has 2 amide bonds. The highest BCUT2D eigenvalue weighted by Gasteiger charge is 2.36. The molecule has 3 aliphatic heterocycles. The van der Waals surface area contributed by atoms with Gasteiger partial charge in [0.2, 0.25) is 5.91 Å². The number of benzene rings is 2. The van der Waals surface area contributed by atoms with Crippen LogP contribution in [0.4, 0.5) is 5.69 Å². The zero-order chi connectivity index (χ0) is 26.9. The van der Waals surface area contributed by atoms with Crippen molar-refractivity contribution < 1.29 is 14.7 Å². The van der Waals surface area contributed by atoms with Crippen molar-refractivity contribution in [1.29, 1.82) is 0 Å². The first-order valence-corrected chi connectivity index (χ1v) is 14.2. The van der Waals surface area contributed by atoms with Gasteiger partial charge >= 0.3 is 0 Å². The van der Waals surface area contributed by atoms with Gasteiger partial charge in [0.05, 0.1) is 11.6 Å². The number of aliphatic hydroxyl groups excluding tert-OH is 1.